The summed E-state index contributed by atoms with van der Waals surface area (Å²) in [6.07, 6.45) is 10.1. The Bertz CT molecular complexity index is 2750. The van der Waals surface area contributed by atoms with Crippen molar-refractivity contribution >= 4 is 109 Å². The molecule has 3 radical (unpaired) electrons. The van der Waals surface area contributed by atoms with Crippen molar-refractivity contribution in [1.82, 2.24) is 36.1 Å². The molecule has 4 aromatic carbocycles. The second-order valence-corrected chi connectivity index (χ2v) is 21.3. The van der Waals surface area contributed by atoms with Gasteiger partial charge < -0.3 is 41.1 Å². The van der Waals surface area contributed by atoms with Crippen LogP contribution in [-0.4, -0.2) is 128 Å². The first-order valence-corrected chi connectivity index (χ1v) is 27.1. The Hall–Kier alpha value is -5.53. The van der Waals surface area contributed by atoms with Gasteiger partial charge in [0.15, 0.2) is 0 Å². The van der Waals surface area contributed by atoms with Crippen LogP contribution in [0.3, 0.4) is 0 Å². The summed E-state index contributed by atoms with van der Waals surface area (Å²) in [7, 11) is 0. The number of carboxylic acids is 1. The van der Waals surface area contributed by atoms with E-state index in [1.807, 2.05) is 71.3 Å². The smallest absolute Gasteiger partial charge is 0.327 e. The zero-order chi connectivity index (χ0) is 49.5. The summed E-state index contributed by atoms with van der Waals surface area (Å²) < 4.78 is 2.09. The van der Waals surface area contributed by atoms with E-state index in [1.165, 1.54) is 10.8 Å². The number of nitrogens with zero attached hydrogens (tertiary/aromatic N) is 5. The third-order valence-electron chi connectivity index (χ3n) is 13.4. The highest BCUT2D eigenvalue weighted by Gasteiger charge is 2.32. The third-order valence-corrected chi connectivity index (χ3v) is 15.4. The van der Waals surface area contributed by atoms with Gasteiger partial charge in [-0.2, -0.15) is 11.8 Å². The van der Waals surface area contributed by atoms with Crippen molar-refractivity contribution < 1.29 is 24.3 Å². The summed E-state index contributed by atoms with van der Waals surface area (Å²) in [5.41, 5.74) is 4.44. The Kier molecular flexibility index (Phi) is 20.3. The van der Waals surface area contributed by atoms with E-state index in [1.54, 1.807) is 24.8 Å². The molecule has 375 valence electrons. The molecule has 0 saturated carbocycles. The number of anilines is 2. The number of fused-ring (bicyclic) bond motifs is 2. The molecule has 9 rings (SSSR count). The highest BCUT2D eigenvalue weighted by Crippen LogP contribution is 2.26. The minimum absolute atomic E-state index is 0. The van der Waals surface area contributed by atoms with Crippen molar-refractivity contribution in [3.8, 4) is 0 Å². The predicted molar refractivity (Wildman–Crippen MR) is 296 cm³/mol. The summed E-state index contributed by atoms with van der Waals surface area (Å²) in [6.45, 7) is 6.36. The van der Waals surface area contributed by atoms with E-state index >= 15 is 0 Å². The number of aromatic nitrogens is 2. The molecule has 14 nitrogen and oxygen atoms in total. The Morgan fingerprint density at radius 3 is 1.42 bits per heavy atom. The molecule has 5 heterocycles. The van der Waals surface area contributed by atoms with Crippen LogP contribution in [0, 0.1) is 11.8 Å². The second kappa shape index (κ2) is 27.0. The van der Waals surface area contributed by atoms with Gasteiger partial charge in [0, 0.05) is 142 Å². The molecule has 3 saturated heterocycles. The second-order valence-electron chi connectivity index (χ2n) is 18.2. The number of nitrogens with one attached hydrogen (secondary N) is 4. The number of carboxylic acid groups (broad SMARTS) is 1. The van der Waals surface area contributed by atoms with Gasteiger partial charge in [-0.05, 0) is 119 Å². The van der Waals surface area contributed by atoms with Gasteiger partial charge >= 0.3 is 5.97 Å². The van der Waals surface area contributed by atoms with Crippen LogP contribution in [0.25, 0.3) is 21.5 Å². The number of thioether (sulfide) groups is 1. The molecule has 18 heteroatoms. The van der Waals surface area contributed by atoms with E-state index in [9.17, 15) is 24.3 Å². The lowest BCUT2D eigenvalue weighted by atomic mass is 9.95. The Labute approximate surface area is 444 Å². The molecule has 3 aliphatic rings. The largest absolute Gasteiger partial charge is 0.480 e. The Morgan fingerprint density at radius 1 is 0.569 bits per heavy atom. The number of carbonyl (C=O) groups excluding carboxylic acids is 3. The number of carbonyl (C=O) groups is 4. The Morgan fingerprint density at radius 2 is 0.972 bits per heavy atom. The van der Waals surface area contributed by atoms with Crippen LogP contribution >= 0.6 is 43.6 Å². The van der Waals surface area contributed by atoms with Crippen LogP contribution in [0.5, 0.6) is 0 Å². The normalized spacial score (nSPS) is 16.2. The number of halogens is 2. The minimum Gasteiger partial charge on any atom is -0.480 e. The first-order valence-electron chi connectivity index (χ1n) is 24.3. The maximum Gasteiger partial charge on any atom is 0.327 e. The highest BCUT2D eigenvalue weighted by atomic mass is 79.9. The van der Waals surface area contributed by atoms with Crippen molar-refractivity contribution in [2.45, 2.75) is 50.9 Å². The fraction of sp³-hybridized carbons (Fsp3) is 0.370. The van der Waals surface area contributed by atoms with Crippen LogP contribution < -0.4 is 31.1 Å². The molecule has 2 atom stereocenters. The maximum absolute atomic E-state index is 13.4. The van der Waals surface area contributed by atoms with Gasteiger partial charge in [-0.15, -0.1) is 0 Å². The molecular weight excluding hydrogens is 1060 g/mol. The first kappa shape index (κ1) is 54.3. The van der Waals surface area contributed by atoms with Gasteiger partial charge in [-0.25, -0.2) is 4.79 Å². The average molecular weight is 1120 g/mol. The molecule has 3 amide bonds. The zero-order valence-electron chi connectivity index (χ0n) is 40.2. The predicted octanol–water partition coefficient (Wildman–Crippen LogP) is 7.26. The summed E-state index contributed by atoms with van der Waals surface area (Å²) in [5.74, 6) is 0.417. The van der Waals surface area contributed by atoms with Gasteiger partial charge in [0.05, 0.1) is 0 Å². The zero-order valence-corrected chi connectivity index (χ0v) is 44.2. The van der Waals surface area contributed by atoms with Crippen molar-refractivity contribution in [3.63, 3.8) is 0 Å². The van der Waals surface area contributed by atoms with Crippen LogP contribution in [0.15, 0.2) is 131 Å². The fourth-order valence-corrected chi connectivity index (χ4v) is 11.0. The Balaban J connectivity index is 0.000000210. The number of amides is 3. The van der Waals surface area contributed by atoms with Crippen LogP contribution in [0.2, 0.25) is 0 Å². The lowest BCUT2D eigenvalue weighted by molar-refractivity contribution is -0.142. The van der Waals surface area contributed by atoms with E-state index < -0.39 is 18.1 Å². The minimum atomic E-state index is -1.03. The third kappa shape index (κ3) is 15.3. The number of piperidine rings is 2. The molecule has 0 bridgehead atoms. The topological polar surface area (TPSA) is 172 Å². The molecule has 0 aliphatic carbocycles. The van der Waals surface area contributed by atoms with Gasteiger partial charge in [-0.1, -0.05) is 68.3 Å². The van der Waals surface area contributed by atoms with Gasteiger partial charge in [-0.3, -0.25) is 24.4 Å². The molecule has 6 aromatic rings. The molecular formula is C54H61BBr2N9O5S. The summed E-state index contributed by atoms with van der Waals surface area (Å²) in [4.78, 5) is 65.8. The lowest BCUT2D eigenvalue weighted by Crippen LogP contribution is -2.56. The highest BCUT2D eigenvalue weighted by molar-refractivity contribution is 9.10. The molecule has 2 unspecified atom stereocenters. The molecule has 2 aromatic heterocycles. The summed E-state index contributed by atoms with van der Waals surface area (Å²) in [6, 6.07) is 31.3. The van der Waals surface area contributed by atoms with E-state index in [0.717, 1.165) is 106 Å². The SMILES string of the molecule is O=C(NC(CNCc1ccc2cc(Br)ccc2c1)C(=O)N1CCSCC1)C1CCN(c2ccncc2)CC1.O=C(NC(CNCc1ccc2cc(Br)ccc2c1)C(=O)O)C1CCN(c2ccncc2)CC1.[B]. The number of aliphatic carboxylic acids is 1. The van der Waals surface area contributed by atoms with E-state index in [-0.39, 0.29) is 44.5 Å². The van der Waals surface area contributed by atoms with Crippen molar-refractivity contribution in [2.75, 3.05) is 73.7 Å². The lowest BCUT2D eigenvalue weighted by Gasteiger charge is -2.34. The molecule has 3 fully saturated rings. The van der Waals surface area contributed by atoms with E-state index in [0.29, 0.717) is 32.5 Å². The first-order chi connectivity index (χ1) is 34.6. The van der Waals surface area contributed by atoms with Crippen molar-refractivity contribution in [1.29, 1.82) is 0 Å². The summed E-state index contributed by atoms with van der Waals surface area (Å²) in [5, 5.41) is 26.7. The fourth-order valence-electron chi connectivity index (χ4n) is 9.37. The van der Waals surface area contributed by atoms with E-state index in [4.69, 9.17) is 0 Å². The van der Waals surface area contributed by atoms with Gasteiger partial charge in [0.25, 0.3) is 0 Å². The number of benzene rings is 4. The van der Waals surface area contributed by atoms with Crippen LogP contribution in [-0.2, 0) is 32.3 Å². The molecule has 72 heavy (non-hydrogen) atoms. The molecule has 3 aliphatic heterocycles. The molecule has 0 spiro atoms. The summed E-state index contributed by atoms with van der Waals surface area (Å²) >= 11 is 8.88. The maximum atomic E-state index is 13.4. The van der Waals surface area contributed by atoms with Crippen LogP contribution in [0.4, 0.5) is 11.4 Å². The van der Waals surface area contributed by atoms with Crippen LogP contribution in [0.1, 0.15) is 36.8 Å². The number of hydrogen-bond acceptors (Lipinski definition) is 11. The average Bonchev–Trinajstić information content (AvgIpc) is 3.41. The van der Waals surface area contributed by atoms with E-state index in [2.05, 4.69) is 115 Å². The quantitative estimate of drug-likeness (QED) is 0.0616. The van der Waals surface area contributed by atoms with Gasteiger partial charge in [0.1, 0.15) is 12.1 Å². The number of hydrogen-bond donors (Lipinski definition) is 5. The standard InChI is InChI=1S/C29H34BrN5O2S.C25H27BrN4O3.B/c30-25-4-3-23-17-21(1-2-24(23)18-25)19-32-20-27(29(37)35-13-15-38-16-14-35)33-28(36)22-7-11-34(12-8-22)26-5-9-31-10-6-26;26-21-4-3-19-13-17(1-2-20(19)14-21)15-28-16-23(25(32)33)29-24(31)18-7-11-30(12-8-18)22-5-9-27-10-6-22;/h1-6,9-10,17-18,22,27,32H,7-8,11-16,19-20H2,(H,33,36);1-6,9-10,13-14,18,23,28H,7-8,11-12,15-16H2,(H,29,31)(H,32,33);. The molecule has 5 N–H and O–H groups in total. The van der Waals surface area contributed by atoms with Gasteiger partial charge in [0.2, 0.25) is 17.7 Å². The number of pyridine rings is 2. The van der Waals surface area contributed by atoms with Crippen molar-refractivity contribution in [2.24, 2.45) is 11.8 Å². The monoisotopic (exact) mass is 1120 g/mol. The van der Waals surface area contributed by atoms with Crippen molar-refractivity contribution in [3.05, 3.63) is 142 Å². The number of rotatable bonds is 16.